The maximum atomic E-state index is 13.8. The van der Waals surface area contributed by atoms with Gasteiger partial charge in [-0.3, -0.25) is 4.79 Å². The molecule has 3 N–H and O–H groups in total. The Balaban J connectivity index is 1.70. The quantitative estimate of drug-likeness (QED) is 0.498. The van der Waals surface area contributed by atoms with Crippen molar-refractivity contribution in [1.29, 1.82) is 0 Å². The normalized spacial score (nSPS) is 60.4. The fraction of sp³-hybridized carbons (Fsp3) is 0.958. The second-order valence-corrected chi connectivity index (χ2v) is 11.3. The minimum atomic E-state index is -1.81. The van der Waals surface area contributed by atoms with E-state index in [-0.39, 0.29) is 54.8 Å². The molecule has 186 valence electrons. The summed E-state index contributed by atoms with van der Waals surface area (Å²) in [6, 6.07) is -0.735. The van der Waals surface area contributed by atoms with Crippen molar-refractivity contribution in [3.05, 3.63) is 0 Å². The van der Waals surface area contributed by atoms with Crippen molar-refractivity contribution < 1.29 is 39.1 Å². The zero-order chi connectivity index (χ0) is 23.7. The number of methoxy groups -OCH3 is 4. The van der Waals surface area contributed by atoms with Crippen molar-refractivity contribution in [3.8, 4) is 0 Å². The molecule has 1 saturated heterocycles. The first-order valence-corrected chi connectivity index (χ1v) is 12.3. The molecular weight excluding hydrogens is 430 g/mol. The zero-order valence-corrected chi connectivity index (χ0v) is 20.1. The summed E-state index contributed by atoms with van der Waals surface area (Å²) in [5.41, 5.74) is -5.87. The number of amides is 1. The predicted molar refractivity (Wildman–Crippen MR) is 114 cm³/mol. The Kier molecular flexibility index (Phi) is 4.59. The third kappa shape index (κ3) is 2.00. The Bertz CT molecular complexity index is 871. The highest BCUT2D eigenvalue weighted by molar-refractivity contribution is 5.89. The Morgan fingerprint density at radius 1 is 1.06 bits per heavy atom. The highest BCUT2D eigenvalue weighted by Gasteiger charge is 2.93. The number of ether oxygens (including phenoxy) is 4. The molecule has 0 aromatic rings. The molecule has 6 fully saturated rings. The van der Waals surface area contributed by atoms with Gasteiger partial charge in [-0.2, -0.15) is 0 Å². The lowest BCUT2D eigenvalue weighted by Crippen LogP contribution is -2.83. The van der Waals surface area contributed by atoms with E-state index in [0.717, 1.165) is 0 Å². The van der Waals surface area contributed by atoms with Crippen molar-refractivity contribution in [2.75, 3.05) is 35.0 Å². The summed E-state index contributed by atoms with van der Waals surface area (Å²) in [5, 5.41) is 37.5. The predicted octanol–water partition coefficient (Wildman–Crippen LogP) is -0.450. The van der Waals surface area contributed by atoms with E-state index in [1.165, 1.54) is 7.11 Å². The van der Waals surface area contributed by atoms with Crippen LogP contribution in [-0.4, -0.2) is 108 Å². The fourth-order valence-electron chi connectivity index (χ4n) is 10.4. The van der Waals surface area contributed by atoms with Gasteiger partial charge in [-0.05, 0) is 32.1 Å². The highest BCUT2D eigenvalue weighted by Crippen LogP contribution is 2.79. The molecule has 7 bridgehead atoms. The van der Waals surface area contributed by atoms with E-state index in [9.17, 15) is 20.1 Å². The van der Waals surface area contributed by atoms with Gasteiger partial charge in [0.05, 0.1) is 30.5 Å². The topological polar surface area (TPSA) is 118 Å². The summed E-state index contributed by atoms with van der Waals surface area (Å²) in [4.78, 5) is 15.4. The first-order chi connectivity index (χ1) is 15.7. The van der Waals surface area contributed by atoms with Gasteiger partial charge in [-0.25, -0.2) is 0 Å². The third-order valence-electron chi connectivity index (χ3n) is 11.0. The number of carbonyl (C=O) groups excluding carboxylic acids is 1. The lowest BCUT2D eigenvalue weighted by Gasteiger charge is -2.68. The first kappa shape index (κ1) is 22.6. The van der Waals surface area contributed by atoms with E-state index in [1.807, 2.05) is 6.92 Å². The molecule has 0 aromatic carbocycles. The standard InChI is InChI=1S/C24H37NO8/c1-6-25-19-23-12-9-11-13(30-2)10-22(28,15(12)16(11)32-4)24(19,29)18(33-5)17(23)21(27,20(25)26)8-7-14(23)31-3/h11-19,27-29H,6-10H2,1-5H3/t11-,12-,13+,14+,15-,16+,17-,18+,19+,21+,22-,23+,24-/m1/s1. The average Bonchev–Trinajstić information content (AvgIpc) is 3.23. The molecule has 13 atom stereocenters. The molecule has 1 aliphatic heterocycles. The van der Waals surface area contributed by atoms with Crippen LogP contribution < -0.4 is 0 Å². The van der Waals surface area contributed by atoms with Gasteiger partial charge < -0.3 is 39.2 Å². The van der Waals surface area contributed by atoms with E-state index in [0.29, 0.717) is 19.4 Å². The number of fused-ring (bicyclic) bond motifs is 2. The largest absolute Gasteiger partial charge is 0.386 e. The van der Waals surface area contributed by atoms with Gasteiger partial charge in [0.15, 0.2) is 0 Å². The second-order valence-electron chi connectivity index (χ2n) is 11.3. The Labute approximate surface area is 194 Å². The zero-order valence-electron chi connectivity index (χ0n) is 20.1. The number of piperidine rings is 1. The Morgan fingerprint density at radius 2 is 1.79 bits per heavy atom. The smallest absolute Gasteiger partial charge is 0.255 e. The number of carbonyl (C=O) groups is 1. The van der Waals surface area contributed by atoms with Crippen LogP contribution in [-0.2, 0) is 23.7 Å². The van der Waals surface area contributed by atoms with E-state index >= 15 is 0 Å². The van der Waals surface area contributed by atoms with Crippen LogP contribution in [0.25, 0.3) is 0 Å². The van der Waals surface area contributed by atoms with Gasteiger partial charge >= 0.3 is 0 Å². The molecule has 6 aliphatic rings. The molecule has 6 rings (SSSR count). The minimum absolute atomic E-state index is 0.0487. The summed E-state index contributed by atoms with van der Waals surface area (Å²) in [5.74, 6) is -1.52. The monoisotopic (exact) mass is 467 g/mol. The summed E-state index contributed by atoms with van der Waals surface area (Å²) >= 11 is 0. The molecule has 0 unspecified atom stereocenters. The fourth-order valence-corrected chi connectivity index (χ4v) is 10.4. The van der Waals surface area contributed by atoms with Crippen LogP contribution >= 0.6 is 0 Å². The summed E-state index contributed by atoms with van der Waals surface area (Å²) in [6.07, 6.45) is -0.152. The van der Waals surface area contributed by atoms with Gasteiger partial charge in [0, 0.05) is 64.6 Å². The Hall–Kier alpha value is -0.810. The van der Waals surface area contributed by atoms with Gasteiger partial charge in [0.2, 0.25) is 0 Å². The molecule has 1 amide bonds. The van der Waals surface area contributed by atoms with Crippen LogP contribution in [0.1, 0.15) is 32.6 Å². The number of hydrogen-bond donors (Lipinski definition) is 3. The van der Waals surface area contributed by atoms with E-state index < -0.39 is 40.3 Å². The molecule has 0 radical (unpaired) electrons. The third-order valence-corrected chi connectivity index (χ3v) is 11.0. The van der Waals surface area contributed by atoms with Crippen LogP contribution in [0.4, 0.5) is 0 Å². The second kappa shape index (κ2) is 6.69. The summed E-state index contributed by atoms with van der Waals surface area (Å²) < 4.78 is 24.0. The highest BCUT2D eigenvalue weighted by atomic mass is 16.5. The molecule has 5 saturated carbocycles. The molecular formula is C24H37NO8. The number of hydrogen-bond acceptors (Lipinski definition) is 8. The van der Waals surface area contributed by atoms with Gasteiger partial charge in [-0.1, -0.05) is 0 Å². The van der Waals surface area contributed by atoms with Crippen molar-refractivity contribution in [3.63, 3.8) is 0 Å². The molecule has 33 heavy (non-hydrogen) atoms. The number of likely N-dealkylation sites (N-methyl/N-ethyl adjacent to an activating group) is 1. The van der Waals surface area contributed by atoms with Crippen LogP contribution in [0.15, 0.2) is 0 Å². The first-order valence-electron chi connectivity index (χ1n) is 12.3. The van der Waals surface area contributed by atoms with Crippen LogP contribution in [0.5, 0.6) is 0 Å². The lowest BCUT2D eigenvalue weighted by molar-refractivity contribution is -0.315. The van der Waals surface area contributed by atoms with Crippen molar-refractivity contribution in [2.24, 2.45) is 29.1 Å². The van der Waals surface area contributed by atoms with Gasteiger partial charge in [-0.15, -0.1) is 0 Å². The summed E-state index contributed by atoms with van der Waals surface area (Å²) in [6.45, 7) is 2.17. The number of nitrogens with zero attached hydrogens (tertiary/aromatic N) is 1. The van der Waals surface area contributed by atoms with Crippen molar-refractivity contribution in [1.82, 2.24) is 4.90 Å². The number of rotatable bonds is 5. The molecule has 5 aliphatic carbocycles. The number of aliphatic hydroxyl groups is 3. The lowest BCUT2D eigenvalue weighted by atomic mass is 9.44. The average molecular weight is 468 g/mol. The van der Waals surface area contributed by atoms with Crippen LogP contribution in [0.2, 0.25) is 0 Å². The molecule has 9 heteroatoms. The molecule has 9 nitrogen and oxygen atoms in total. The maximum absolute atomic E-state index is 13.8. The van der Waals surface area contributed by atoms with Gasteiger partial charge in [0.25, 0.3) is 5.91 Å². The van der Waals surface area contributed by atoms with Gasteiger partial charge in [0.1, 0.15) is 16.8 Å². The van der Waals surface area contributed by atoms with Crippen molar-refractivity contribution >= 4 is 5.91 Å². The Morgan fingerprint density at radius 3 is 2.36 bits per heavy atom. The van der Waals surface area contributed by atoms with Crippen molar-refractivity contribution in [2.45, 2.75) is 79.9 Å². The SMILES string of the molecule is CCN1C(=O)[C@]2(O)CC[C@H](OC)[C@@]34[C@@H]5C[C@H]6[C@H](OC)[C@@H]5[C@](O)(C[C@@H]6OC)[C@@](O)([C@@H](OC)[C@@H]32)[C@@H]14. The molecule has 1 heterocycles. The maximum Gasteiger partial charge on any atom is 0.255 e. The number of likely N-dealkylation sites (tertiary alicyclic amines) is 1. The van der Waals surface area contributed by atoms with E-state index in [2.05, 4.69) is 0 Å². The van der Waals surface area contributed by atoms with Crippen LogP contribution in [0.3, 0.4) is 0 Å². The summed E-state index contributed by atoms with van der Waals surface area (Å²) in [7, 11) is 6.46. The van der Waals surface area contributed by atoms with Crippen LogP contribution in [0, 0.1) is 29.1 Å². The molecule has 0 aromatic heterocycles. The molecule has 1 spiro atoms. The van der Waals surface area contributed by atoms with E-state index in [4.69, 9.17) is 18.9 Å². The van der Waals surface area contributed by atoms with E-state index in [1.54, 1.807) is 26.2 Å². The minimum Gasteiger partial charge on any atom is -0.386 e.